The van der Waals surface area contributed by atoms with Crippen LogP contribution in [0.3, 0.4) is 0 Å². The summed E-state index contributed by atoms with van der Waals surface area (Å²) >= 11 is 1.03. The lowest BCUT2D eigenvalue weighted by atomic mass is 10.2. The van der Waals surface area contributed by atoms with Gasteiger partial charge in [-0.15, -0.1) is 11.3 Å². The van der Waals surface area contributed by atoms with Crippen molar-refractivity contribution in [1.29, 1.82) is 0 Å². The number of amides is 1. The van der Waals surface area contributed by atoms with Crippen LogP contribution in [0.15, 0.2) is 48.0 Å². The number of nitrogens with zero attached hydrogens (tertiary/aromatic N) is 3. The molecule has 0 radical (unpaired) electrons. The quantitative estimate of drug-likeness (QED) is 0.509. The van der Waals surface area contributed by atoms with Crippen LogP contribution in [-0.2, 0) is 22.3 Å². The number of hydrogen-bond acceptors (Lipinski definition) is 7. The van der Waals surface area contributed by atoms with E-state index < -0.39 is 23.6 Å². The summed E-state index contributed by atoms with van der Waals surface area (Å²) in [5.74, 6) is -1.09. The van der Waals surface area contributed by atoms with Gasteiger partial charge in [0.15, 0.2) is 5.13 Å². The summed E-state index contributed by atoms with van der Waals surface area (Å²) in [5.41, 5.74) is -0.392. The highest BCUT2D eigenvalue weighted by Gasteiger charge is 2.31. The number of halogens is 3. The maximum absolute atomic E-state index is 13.0. The smallest absolute Gasteiger partial charge is 0.416 e. The van der Waals surface area contributed by atoms with Crippen LogP contribution < -0.4 is 9.64 Å². The number of thiazole rings is 1. The number of esters is 1. The van der Waals surface area contributed by atoms with Crippen molar-refractivity contribution in [3.63, 3.8) is 0 Å². The second-order valence-electron chi connectivity index (χ2n) is 6.16. The fourth-order valence-corrected chi connectivity index (χ4v) is 3.51. The summed E-state index contributed by atoms with van der Waals surface area (Å²) in [6, 6.07) is 7.43. The number of alkyl halides is 3. The monoisotopic (exact) mass is 451 g/mol. The lowest BCUT2D eigenvalue weighted by Gasteiger charge is -2.19. The molecule has 0 saturated heterocycles. The van der Waals surface area contributed by atoms with Gasteiger partial charge < -0.3 is 9.47 Å². The van der Waals surface area contributed by atoms with E-state index in [4.69, 9.17) is 9.47 Å². The summed E-state index contributed by atoms with van der Waals surface area (Å²) in [5, 5.41) is 1.70. The second kappa shape index (κ2) is 9.13. The Hall–Kier alpha value is -3.47. The number of ether oxygens (including phenoxy) is 2. The van der Waals surface area contributed by atoms with Crippen LogP contribution in [0.25, 0.3) is 0 Å². The molecule has 0 aliphatic carbocycles. The molecule has 2 heterocycles. The standard InChI is InChI=1S/C20H16F3N3O4S/c1-12(27)26(15-6-3-5-13(9-15)20(21,22)23)19-25-14(11-31-19)10-30-18(28)16-7-4-8-24-17(16)29-2/h3-9,11H,10H2,1-2H3. The minimum Gasteiger partial charge on any atom is -0.480 e. The number of carbonyl (C=O) groups excluding carboxylic acids is 2. The van der Waals surface area contributed by atoms with Crippen LogP contribution in [-0.4, -0.2) is 29.0 Å². The fraction of sp³-hybridized carbons (Fsp3) is 0.200. The molecule has 0 unspecified atom stereocenters. The molecule has 162 valence electrons. The van der Waals surface area contributed by atoms with Crippen LogP contribution in [0, 0.1) is 0 Å². The van der Waals surface area contributed by atoms with Crippen molar-refractivity contribution in [3.05, 3.63) is 64.8 Å². The summed E-state index contributed by atoms with van der Waals surface area (Å²) in [6.07, 6.45) is -3.08. The summed E-state index contributed by atoms with van der Waals surface area (Å²) < 4.78 is 49.3. The fourth-order valence-electron chi connectivity index (χ4n) is 2.64. The zero-order valence-corrected chi connectivity index (χ0v) is 17.2. The van der Waals surface area contributed by atoms with E-state index in [9.17, 15) is 22.8 Å². The lowest BCUT2D eigenvalue weighted by Crippen LogP contribution is -2.23. The average Bonchev–Trinajstić information content (AvgIpc) is 3.19. The Kier molecular flexibility index (Phi) is 6.54. The SMILES string of the molecule is COc1ncccc1C(=O)OCc1csc(N(C(C)=O)c2cccc(C(F)(F)F)c2)n1. The molecule has 0 aliphatic rings. The van der Waals surface area contributed by atoms with Crippen LogP contribution in [0.5, 0.6) is 5.88 Å². The minimum atomic E-state index is -4.55. The molecule has 0 bridgehead atoms. The zero-order valence-electron chi connectivity index (χ0n) is 16.3. The van der Waals surface area contributed by atoms with Gasteiger partial charge >= 0.3 is 12.1 Å². The number of carbonyl (C=O) groups is 2. The minimum absolute atomic E-state index is 0.0281. The van der Waals surface area contributed by atoms with Crippen molar-refractivity contribution in [3.8, 4) is 5.88 Å². The van der Waals surface area contributed by atoms with Crippen LogP contribution in [0.1, 0.15) is 28.5 Å². The summed E-state index contributed by atoms with van der Waals surface area (Å²) in [7, 11) is 1.37. The molecule has 2 aromatic heterocycles. The van der Waals surface area contributed by atoms with Crippen molar-refractivity contribution < 1.29 is 32.2 Å². The second-order valence-corrected chi connectivity index (χ2v) is 7.00. The predicted molar refractivity (Wildman–Crippen MR) is 106 cm³/mol. The van der Waals surface area contributed by atoms with Gasteiger partial charge in [0.1, 0.15) is 12.2 Å². The molecule has 0 atom stereocenters. The molecule has 31 heavy (non-hydrogen) atoms. The highest BCUT2D eigenvalue weighted by Crippen LogP contribution is 2.35. The lowest BCUT2D eigenvalue weighted by molar-refractivity contribution is -0.137. The normalized spacial score (nSPS) is 11.1. The highest BCUT2D eigenvalue weighted by molar-refractivity contribution is 7.14. The molecular formula is C20H16F3N3O4S. The number of methoxy groups -OCH3 is 1. The molecular weight excluding hydrogens is 435 g/mol. The predicted octanol–water partition coefficient (Wildman–Crippen LogP) is 4.61. The molecule has 0 N–H and O–H groups in total. The molecule has 1 aromatic carbocycles. The third kappa shape index (κ3) is 5.18. The molecule has 0 saturated carbocycles. The molecule has 3 aromatic rings. The summed E-state index contributed by atoms with van der Waals surface area (Å²) in [6.45, 7) is 1.01. The number of benzene rings is 1. The van der Waals surface area contributed by atoms with Crippen molar-refractivity contribution in [2.45, 2.75) is 19.7 Å². The molecule has 0 fully saturated rings. The first-order chi connectivity index (χ1) is 14.7. The van der Waals surface area contributed by atoms with E-state index >= 15 is 0 Å². The number of anilines is 2. The van der Waals surface area contributed by atoms with E-state index in [0.717, 1.165) is 28.4 Å². The number of hydrogen-bond donors (Lipinski definition) is 0. The molecule has 3 rings (SSSR count). The van der Waals surface area contributed by atoms with Gasteiger partial charge in [0.05, 0.1) is 24.1 Å². The number of pyridine rings is 1. The molecule has 11 heteroatoms. The first-order valence-electron chi connectivity index (χ1n) is 8.79. The van der Waals surface area contributed by atoms with E-state index in [1.165, 1.54) is 38.4 Å². The maximum Gasteiger partial charge on any atom is 0.416 e. The van der Waals surface area contributed by atoms with E-state index in [1.54, 1.807) is 11.4 Å². The molecule has 0 spiro atoms. The van der Waals surface area contributed by atoms with E-state index in [2.05, 4.69) is 9.97 Å². The maximum atomic E-state index is 13.0. The third-order valence-corrected chi connectivity index (χ3v) is 4.89. The first-order valence-corrected chi connectivity index (χ1v) is 9.67. The number of rotatable bonds is 6. The van der Waals surface area contributed by atoms with Crippen molar-refractivity contribution in [2.24, 2.45) is 0 Å². The van der Waals surface area contributed by atoms with Gasteiger partial charge in [-0.1, -0.05) is 6.07 Å². The van der Waals surface area contributed by atoms with Crippen molar-refractivity contribution >= 4 is 34.0 Å². The summed E-state index contributed by atoms with van der Waals surface area (Å²) in [4.78, 5) is 33.6. The molecule has 7 nitrogen and oxygen atoms in total. The average molecular weight is 451 g/mol. The van der Waals surface area contributed by atoms with Gasteiger partial charge in [-0.05, 0) is 30.3 Å². The van der Waals surface area contributed by atoms with Crippen molar-refractivity contribution in [2.75, 3.05) is 12.0 Å². The van der Waals surface area contributed by atoms with Crippen LogP contribution in [0.2, 0.25) is 0 Å². The van der Waals surface area contributed by atoms with Gasteiger partial charge in [-0.2, -0.15) is 13.2 Å². The number of aromatic nitrogens is 2. The Morgan fingerprint density at radius 3 is 2.65 bits per heavy atom. The van der Waals surface area contributed by atoms with Crippen LogP contribution >= 0.6 is 11.3 Å². The third-order valence-electron chi connectivity index (χ3n) is 4.01. The molecule has 1 amide bonds. The Labute approximate surface area is 179 Å². The van der Waals surface area contributed by atoms with Gasteiger partial charge in [-0.3, -0.25) is 9.69 Å². The highest BCUT2D eigenvalue weighted by atomic mass is 32.1. The first kappa shape index (κ1) is 22.2. The van der Waals surface area contributed by atoms with Crippen LogP contribution in [0.4, 0.5) is 24.0 Å². The Bertz CT molecular complexity index is 1100. The van der Waals surface area contributed by atoms with Gasteiger partial charge in [-0.25, -0.2) is 14.8 Å². The molecule has 0 aliphatic heterocycles. The Morgan fingerprint density at radius 2 is 1.97 bits per heavy atom. The van der Waals surface area contributed by atoms with E-state index in [0.29, 0.717) is 5.69 Å². The zero-order chi connectivity index (χ0) is 22.6. The van der Waals surface area contributed by atoms with E-state index in [1.807, 2.05) is 0 Å². The Balaban J connectivity index is 1.78. The van der Waals surface area contributed by atoms with Crippen molar-refractivity contribution in [1.82, 2.24) is 9.97 Å². The van der Waals surface area contributed by atoms with Gasteiger partial charge in [0.25, 0.3) is 0 Å². The topological polar surface area (TPSA) is 81.6 Å². The Morgan fingerprint density at radius 1 is 1.19 bits per heavy atom. The largest absolute Gasteiger partial charge is 0.480 e. The van der Waals surface area contributed by atoms with Gasteiger partial charge in [0, 0.05) is 18.5 Å². The van der Waals surface area contributed by atoms with Gasteiger partial charge in [0.2, 0.25) is 11.8 Å². The van der Waals surface area contributed by atoms with E-state index in [-0.39, 0.29) is 28.9 Å².